The monoisotopic (exact) mass is 394 g/mol. The zero-order valence-electron chi connectivity index (χ0n) is 14.8. The highest BCUT2D eigenvalue weighted by Gasteiger charge is 2.15. The number of hydrogen-bond acceptors (Lipinski definition) is 5. The molecule has 26 heavy (non-hydrogen) atoms. The summed E-state index contributed by atoms with van der Waals surface area (Å²) < 4.78 is 11.0. The molecule has 0 aliphatic carbocycles. The smallest absolute Gasteiger partial charge is 0.228 e. The molecule has 1 aliphatic heterocycles. The Labute approximate surface area is 162 Å². The summed E-state index contributed by atoms with van der Waals surface area (Å²) in [5.41, 5.74) is 2.13. The van der Waals surface area contributed by atoms with Crippen molar-refractivity contribution in [3.05, 3.63) is 45.4 Å². The van der Waals surface area contributed by atoms with Crippen LogP contribution in [0, 0.1) is 6.92 Å². The summed E-state index contributed by atoms with van der Waals surface area (Å²) in [6, 6.07) is 6.00. The van der Waals surface area contributed by atoms with E-state index in [-0.39, 0.29) is 12.0 Å². The van der Waals surface area contributed by atoms with Crippen LogP contribution in [0.5, 0.6) is 0 Å². The molecule has 1 aliphatic rings. The SMILES string of the molecule is Cc1cccc(Cc2cnc(NC(=O)CCOCC3CCCO3)s2)c1Cl. The first-order chi connectivity index (χ1) is 12.6. The van der Waals surface area contributed by atoms with Crippen LogP contribution in [-0.4, -0.2) is 36.8 Å². The summed E-state index contributed by atoms with van der Waals surface area (Å²) in [7, 11) is 0. The van der Waals surface area contributed by atoms with Crippen LogP contribution < -0.4 is 5.32 Å². The lowest BCUT2D eigenvalue weighted by atomic mass is 10.1. The Hall–Kier alpha value is -1.47. The molecule has 1 amide bonds. The Morgan fingerprint density at radius 3 is 3.19 bits per heavy atom. The average molecular weight is 395 g/mol. The first-order valence-corrected chi connectivity index (χ1v) is 9.99. The van der Waals surface area contributed by atoms with Crippen molar-refractivity contribution in [3.63, 3.8) is 0 Å². The van der Waals surface area contributed by atoms with E-state index in [0.717, 1.165) is 40.5 Å². The van der Waals surface area contributed by atoms with Gasteiger partial charge < -0.3 is 14.8 Å². The highest BCUT2D eigenvalue weighted by atomic mass is 35.5. The second-order valence-electron chi connectivity index (χ2n) is 6.36. The number of nitrogens with zero attached hydrogens (tertiary/aromatic N) is 1. The number of anilines is 1. The number of carbonyl (C=O) groups is 1. The summed E-state index contributed by atoms with van der Waals surface area (Å²) in [5, 5.41) is 4.22. The molecule has 7 heteroatoms. The van der Waals surface area contributed by atoms with Crippen molar-refractivity contribution >= 4 is 34.0 Å². The van der Waals surface area contributed by atoms with Crippen molar-refractivity contribution in [2.24, 2.45) is 0 Å². The highest BCUT2D eigenvalue weighted by Crippen LogP contribution is 2.26. The Balaban J connectivity index is 1.42. The molecule has 3 rings (SSSR count). The fourth-order valence-electron chi connectivity index (χ4n) is 2.82. The number of amides is 1. The number of rotatable bonds is 8. The molecule has 1 fully saturated rings. The van der Waals surface area contributed by atoms with Crippen LogP contribution in [0.15, 0.2) is 24.4 Å². The lowest BCUT2D eigenvalue weighted by Crippen LogP contribution is -2.18. The molecule has 1 saturated heterocycles. The van der Waals surface area contributed by atoms with E-state index < -0.39 is 0 Å². The highest BCUT2D eigenvalue weighted by molar-refractivity contribution is 7.15. The van der Waals surface area contributed by atoms with Crippen LogP contribution >= 0.6 is 22.9 Å². The van der Waals surface area contributed by atoms with Crippen LogP contribution in [0.1, 0.15) is 35.3 Å². The second-order valence-corrected chi connectivity index (χ2v) is 7.86. The normalized spacial score (nSPS) is 16.8. The second kappa shape index (κ2) is 9.46. The van der Waals surface area contributed by atoms with E-state index in [2.05, 4.69) is 10.3 Å². The minimum absolute atomic E-state index is 0.0909. The Kier molecular flexibility index (Phi) is 7.02. The first-order valence-electron chi connectivity index (χ1n) is 8.79. The summed E-state index contributed by atoms with van der Waals surface area (Å²) in [4.78, 5) is 17.3. The predicted molar refractivity (Wildman–Crippen MR) is 104 cm³/mol. The number of aryl methyl sites for hydroxylation is 1. The van der Waals surface area contributed by atoms with E-state index in [4.69, 9.17) is 21.1 Å². The fraction of sp³-hybridized carbons (Fsp3) is 0.474. The molecule has 1 atom stereocenters. The van der Waals surface area contributed by atoms with E-state index in [1.807, 2.05) is 25.1 Å². The summed E-state index contributed by atoms with van der Waals surface area (Å²) in [6.07, 6.45) is 5.12. The van der Waals surface area contributed by atoms with Crippen molar-refractivity contribution in [2.75, 3.05) is 25.1 Å². The van der Waals surface area contributed by atoms with Gasteiger partial charge in [-0.3, -0.25) is 4.79 Å². The van der Waals surface area contributed by atoms with Crippen molar-refractivity contribution in [2.45, 2.75) is 38.7 Å². The third kappa shape index (κ3) is 5.51. The number of halogens is 1. The molecule has 140 valence electrons. The van der Waals surface area contributed by atoms with Crippen molar-refractivity contribution < 1.29 is 14.3 Å². The number of ether oxygens (including phenoxy) is 2. The Morgan fingerprint density at radius 2 is 2.38 bits per heavy atom. The first kappa shape index (κ1) is 19.3. The van der Waals surface area contributed by atoms with Gasteiger partial charge in [-0.1, -0.05) is 29.8 Å². The quantitative estimate of drug-likeness (QED) is 0.681. The molecule has 0 saturated carbocycles. The zero-order chi connectivity index (χ0) is 18.4. The van der Waals surface area contributed by atoms with Gasteiger partial charge in [0.25, 0.3) is 0 Å². The molecular formula is C19H23ClN2O3S. The maximum absolute atomic E-state index is 12.0. The fourth-order valence-corrected chi connectivity index (χ4v) is 3.86. The third-order valence-electron chi connectivity index (χ3n) is 4.24. The molecule has 2 aromatic rings. The van der Waals surface area contributed by atoms with Gasteiger partial charge in [0.15, 0.2) is 5.13 Å². The molecule has 0 spiro atoms. The van der Waals surface area contributed by atoms with Crippen LogP contribution in [0.2, 0.25) is 5.02 Å². The minimum atomic E-state index is -0.0909. The van der Waals surface area contributed by atoms with Gasteiger partial charge in [0.05, 0.1) is 25.7 Å². The van der Waals surface area contributed by atoms with Crippen molar-refractivity contribution in [3.8, 4) is 0 Å². The van der Waals surface area contributed by atoms with E-state index in [9.17, 15) is 4.79 Å². The van der Waals surface area contributed by atoms with Crippen LogP contribution in [0.3, 0.4) is 0 Å². The van der Waals surface area contributed by atoms with Crippen LogP contribution in [0.25, 0.3) is 0 Å². The van der Waals surface area contributed by atoms with Crippen molar-refractivity contribution in [1.82, 2.24) is 4.98 Å². The number of carbonyl (C=O) groups excluding carboxylic acids is 1. The summed E-state index contributed by atoms with van der Waals surface area (Å²) in [5.74, 6) is -0.0909. The zero-order valence-corrected chi connectivity index (χ0v) is 16.4. The topological polar surface area (TPSA) is 60.5 Å². The molecule has 0 bridgehead atoms. The van der Waals surface area contributed by atoms with Gasteiger partial charge in [0.1, 0.15) is 0 Å². The van der Waals surface area contributed by atoms with Gasteiger partial charge in [0, 0.05) is 29.1 Å². The molecule has 1 aromatic heterocycles. The standard InChI is InChI=1S/C19H23ClN2O3S/c1-13-4-2-5-14(18(13)20)10-16-11-21-19(26-16)22-17(23)7-9-24-12-15-6-3-8-25-15/h2,4-5,11,15H,3,6-10,12H2,1H3,(H,21,22,23). The number of aromatic nitrogens is 1. The minimum Gasteiger partial charge on any atom is -0.378 e. The number of thiazole rings is 1. The third-order valence-corrected chi connectivity index (χ3v) is 5.69. The number of nitrogens with one attached hydrogen (secondary N) is 1. The van der Waals surface area contributed by atoms with Crippen molar-refractivity contribution in [1.29, 1.82) is 0 Å². The van der Waals surface area contributed by atoms with E-state index >= 15 is 0 Å². The molecule has 0 radical (unpaired) electrons. The maximum atomic E-state index is 12.0. The van der Waals surface area contributed by atoms with E-state index in [1.54, 1.807) is 6.20 Å². The molecular weight excluding hydrogens is 372 g/mol. The van der Waals surface area contributed by atoms with Gasteiger partial charge >= 0.3 is 0 Å². The molecule has 2 heterocycles. The summed E-state index contributed by atoms with van der Waals surface area (Å²) in [6.45, 7) is 3.76. The van der Waals surface area contributed by atoms with Gasteiger partial charge in [-0.05, 0) is 30.9 Å². The Bertz CT molecular complexity index is 744. The molecule has 1 N–H and O–H groups in total. The largest absolute Gasteiger partial charge is 0.378 e. The van der Waals surface area contributed by atoms with E-state index in [0.29, 0.717) is 31.2 Å². The molecule has 1 unspecified atom stereocenters. The van der Waals surface area contributed by atoms with Crippen LogP contribution in [0.4, 0.5) is 5.13 Å². The predicted octanol–water partition coefficient (Wildman–Crippen LogP) is 4.22. The molecule has 1 aromatic carbocycles. The van der Waals surface area contributed by atoms with Gasteiger partial charge in [-0.25, -0.2) is 4.98 Å². The Morgan fingerprint density at radius 1 is 1.50 bits per heavy atom. The lowest BCUT2D eigenvalue weighted by Gasteiger charge is -2.09. The number of benzene rings is 1. The maximum Gasteiger partial charge on any atom is 0.228 e. The van der Waals surface area contributed by atoms with Gasteiger partial charge in [0.2, 0.25) is 5.91 Å². The molecule has 5 nitrogen and oxygen atoms in total. The number of hydrogen-bond donors (Lipinski definition) is 1. The van der Waals surface area contributed by atoms with Gasteiger partial charge in [-0.2, -0.15) is 0 Å². The van der Waals surface area contributed by atoms with Gasteiger partial charge in [-0.15, -0.1) is 11.3 Å². The van der Waals surface area contributed by atoms with E-state index in [1.165, 1.54) is 11.3 Å². The summed E-state index contributed by atoms with van der Waals surface area (Å²) >= 11 is 7.81. The van der Waals surface area contributed by atoms with Crippen LogP contribution in [-0.2, 0) is 20.7 Å². The average Bonchev–Trinajstić information content (AvgIpc) is 3.28. The lowest BCUT2D eigenvalue weighted by molar-refractivity contribution is -0.117.